The SMILES string of the molecule is CC(C)(C)c1ccc(NC(=O)C2CCNNC2=NCc2ccc(F)cc2)cc1. The number of aliphatic imine (C=N–C) groups is 1. The van der Waals surface area contributed by atoms with Crippen LogP contribution in [0.5, 0.6) is 0 Å². The lowest BCUT2D eigenvalue weighted by Crippen LogP contribution is -2.51. The summed E-state index contributed by atoms with van der Waals surface area (Å²) in [6.07, 6.45) is 0.654. The van der Waals surface area contributed by atoms with E-state index in [2.05, 4.69) is 41.9 Å². The van der Waals surface area contributed by atoms with Crippen LogP contribution in [0.4, 0.5) is 10.1 Å². The number of halogens is 1. The molecule has 6 heteroatoms. The van der Waals surface area contributed by atoms with Crippen molar-refractivity contribution in [3.8, 4) is 0 Å². The highest BCUT2D eigenvalue weighted by molar-refractivity contribution is 6.08. The second-order valence-electron chi connectivity index (χ2n) is 8.04. The number of hydrazine groups is 1. The highest BCUT2D eigenvalue weighted by Crippen LogP contribution is 2.24. The first kappa shape index (κ1) is 20.0. The molecule has 5 nitrogen and oxygen atoms in total. The number of carbonyl (C=O) groups excluding carboxylic acids is 1. The number of nitrogens with one attached hydrogen (secondary N) is 3. The maximum absolute atomic E-state index is 13.0. The molecule has 0 bridgehead atoms. The molecule has 1 heterocycles. The molecule has 0 spiro atoms. The van der Waals surface area contributed by atoms with E-state index in [1.165, 1.54) is 17.7 Å². The average Bonchev–Trinajstić information content (AvgIpc) is 2.67. The smallest absolute Gasteiger partial charge is 0.235 e. The first-order chi connectivity index (χ1) is 13.3. The van der Waals surface area contributed by atoms with Crippen LogP contribution in [0.2, 0.25) is 0 Å². The molecular formula is C22H27FN4O. The predicted molar refractivity (Wildman–Crippen MR) is 111 cm³/mol. The van der Waals surface area contributed by atoms with Crippen molar-refractivity contribution >= 4 is 17.4 Å². The molecule has 1 aliphatic heterocycles. The number of amidine groups is 1. The molecule has 1 amide bonds. The number of nitrogens with zero attached hydrogens (tertiary/aromatic N) is 1. The largest absolute Gasteiger partial charge is 0.325 e. The Morgan fingerprint density at radius 3 is 2.46 bits per heavy atom. The van der Waals surface area contributed by atoms with Gasteiger partial charge in [-0.2, -0.15) is 0 Å². The van der Waals surface area contributed by atoms with E-state index in [0.717, 1.165) is 11.3 Å². The summed E-state index contributed by atoms with van der Waals surface area (Å²) in [5.41, 5.74) is 8.99. The fourth-order valence-electron chi connectivity index (χ4n) is 3.05. The molecule has 1 aliphatic rings. The first-order valence-electron chi connectivity index (χ1n) is 9.52. The minimum Gasteiger partial charge on any atom is -0.325 e. The van der Waals surface area contributed by atoms with Gasteiger partial charge in [0.25, 0.3) is 0 Å². The molecule has 1 atom stereocenters. The van der Waals surface area contributed by atoms with Crippen molar-refractivity contribution in [3.63, 3.8) is 0 Å². The molecule has 2 aromatic carbocycles. The molecule has 3 rings (SSSR count). The van der Waals surface area contributed by atoms with E-state index in [4.69, 9.17) is 0 Å². The van der Waals surface area contributed by atoms with Crippen molar-refractivity contribution in [3.05, 3.63) is 65.5 Å². The van der Waals surface area contributed by atoms with Gasteiger partial charge in [0.15, 0.2) is 0 Å². The van der Waals surface area contributed by atoms with Crippen LogP contribution in [0.1, 0.15) is 38.3 Å². The molecule has 0 saturated carbocycles. The van der Waals surface area contributed by atoms with Crippen LogP contribution < -0.4 is 16.2 Å². The van der Waals surface area contributed by atoms with Gasteiger partial charge in [0, 0.05) is 12.2 Å². The van der Waals surface area contributed by atoms with Gasteiger partial charge in [0.2, 0.25) is 5.91 Å². The number of carbonyl (C=O) groups is 1. The normalized spacial score (nSPS) is 18.6. The summed E-state index contributed by atoms with van der Waals surface area (Å²) in [6.45, 7) is 7.53. The second-order valence-corrected chi connectivity index (χ2v) is 8.04. The Morgan fingerprint density at radius 1 is 1.14 bits per heavy atom. The lowest BCUT2D eigenvalue weighted by atomic mass is 9.87. The van der Waals surface area contributed by atoms with E-state index in [9.17, 15) is 9.18 Å². The molecule has 1 fully saturated rings. The summed E-state index contributed by atoms with van der Waals surface area (Å²) in [4.78, 5) is 17.3. The third kappa shape index (κ3) is 5.16. The van der Waals surface area contributed by atoms with Gasteiger partial charge in [-0.25, -0.2) is 9.82 Å². The Bertz CT molecular complexity index is 838. The molecule has 0 aromatic heterocycles. The summed E-state index contributed by atoms with van der Waals surface area (Å²) in [5.74, 6) is -0.123. The number of hydrogen-bond donors (Lipinski definition) is 3. The van der Waals surface area contributed by atoms with E-state index in [1.54, 1.807) is 12.1 Å². The molecule has 1 saturated heterocycles. The van der Waals surface area contributed by atoms with Crippen LogP contribution in [0, 0.1) is 11.7 Å². The van der Waals surface area contributed by atoms with E-state index >= 15 is 0 Å². The Hall–Kier alpha value is -2.73. The van der Waals surface area contributed by atoms with Gasteiger partial charge >= 0.3 is 0 Å². The van der Waals surface area contributed by atoms with Crippen LogP contribution in [-0.2, 0) is 16.8 Å². The highest BCUT2D eigenvalue weighted by Gasteiger charge is 2.27. The molecule has 28 heavy (non-hydrogen) atoms. The predicted octanol–water partition coefficient (Wildman–Crippen LogP) is 3.77. The highest BCUT2D eigenvalue weighted by atomic mass is 19.1. The molecule has 148 valence electrons. The van der Waals surface area contributed by atoms with Crippen molar-refractivity contribution in [2.45, 2.75) is 39.2 Å². The van der Waals surface area contributed by atoms with E-state index < -0.39 is 0 Å². The monoisotopic (exact) mass is 382 g/mol. The minimum atomic E-state index is -0.357. The van der Waals surface area contributed by atoms with Crippen molar-refractivity contribution in [2.75, 3.05) is 11.9 Å². The Balaban J connectivity index is 1.68. The van der Waals surface area contributed by atoms with E-state index in [1.807, 2.05) is 24.3 Å². The zero-order chi connectivity index (χ0) is 20.1. The van der Waals surface area contributed by atoms with Crippen molar-refractivity contribution in [1.82, 2.24) is 10.9 Å². The molecule has 1 unspecified atom stereocenters. The topological polar surface area (TPSA) is 65.5 Å². The summed E-state index contributed by atoms with van der Waals surface area (Å²) in [5, 5.41) is 2.99. The lowest BCUT2D eigenvalue weighted by molar-refractivity contribution is -0.118. The summed E-state index contributed by atoms with van der Waals surface area (Å²) >= 11 is 0. The van der Waals surface area contributed by atoms with Gasteiger partial charge in [0.1, 0.15) is 11.7 Å². The first-order valence-corrected chi connectivity index (χ1v) is 9.52. The fourth-order valence-corrected chi connectivity index (χ4v) is 3.05. The maximum atomic E-state index is 13.0. The van der Waals surface area contributed by atoms with Gasteiger partial charge in [-0.3, -0.25) is 9.79 Å². The van der Waals surface area contributed by atoms with Gasteiger partial charge in [-0.1, -0.05) is 45.0 Å². The Labute approximate surface area is 165 Å². The molecule has 0 aliphatic carbocycles. The van der Waals surface area contributed by atoms with Crippen molar-refractivity contribution in [1.29, 1.82) is 0 Å². The number of amides is 1. The quantitative estimate of drug-likeness (QED) is 0.754. The third-order valence-electron chi connectivity index (χ3n) is 4.78. The van der Waals surface area contributed by atoms with Crippen LogP contribution >= 0.6 is 0 Å². The zero-order valence-corrected chi connectivity index (χ0v) is 16.6. The molecular weight excluding hydrogens is 355 g/mol. The number of hydrogen-bond acceptors (Lipinski definition) is 3. The van der Waals surface area contributed by atoms with Crippen LogP contribution in [0.15, 0.2) is 53.5 Å². The lowest BCUT2D eigenvalue weighted by Gasteiger charge is -2.26. The standard InChI is InChI=1S/C22H27FN4O/c1-22(2,3)16-6-10-18(11-7-16)26-21(28)19-12-13-25-27-20(19)24-14-15-4-8-17(23)9-5-15/h4-11,19,25H,12-14H2,1-3H3,(H,24,27)(H,26,28). The number of benzene rings is 2. The molecule has 0 radical (unpaired) electrons. The molecule has 2 aromatic rings. The Kier molecular flexibility index (Phi) is 6.09. The Morgan fingerprint density at radius 2 is 1.82 bits per heavy atom. The van der Waals surface area contributed by atoms with Crippen molar-refractivity contribution in [2.24, 2.45) is 10.9 Å². The number of anilines is 1. The van der Waals surface area contributed by atoms with Gasteiger partial charge in [-0.05, 0) is 47.2 Å². The van der Waals surface area contributed by atoms with Gasteiger partial charge in [-0.15, -0.1) is 0 Å². The second kappa shape index (κ2) is 8.52. The zero-order valence-electron chi connectivity index (χ0n) is 16.6. The molecule has 3 N–H and O–H groups in total. The summed E-state index contributed by atoms with van der Waals surface area (Å²) in [7, 11) is 0. The van der Waals surface area contributed by atoms with E-state index in [-0.39, 0.29) is 23.1 Å². The minimum absolute atomic E-state index is 0.0711. The fraction of sp³-hybridized carbons (Fsp3) is 0.364. The van der Waals surface area contributed by atoms with Crippen LogP contribution in [0.25, 0.3) is 0 Å². The van der Waals surface area contributed by atoms with Crippen molar-refractivity contribution < 1.29 is 9.18 Å². The van der Waals surface area contributed by atoms with Gasteiger partial charge < -0.3 is 10.7 Å². The van der Waals surface area contributed by atoms with Gasteiger partial charge in [0.05, 0.1) is 12.5 Å². The number of rotatable bonds is 4. The summed E-state index contributed by atoms with van der Waals surface area (Å²) < 4.78 is 13.0. The van der Waals surface area contributed by atoms with Crippen LogP contribution in [0.3, 0.4) is 0 Å². The average molecular weight is 382 g/mol. The van der Waals surface area contributed by atoms with E-state index in [0.29, 0.717) is 25.3 Å². The third-order valence-corrected chi connectivity index (χ3v) is 4.78. The van der Waals surface area contributed by atoms with Crippen LogP contribution in [-0.4, -0.2) is 18.3 Å². The summed E-state index contributed by atoms with van der Waals surface area (Å²) in [6, 6.07) is 14.2. The maximum Gasteiger partial charge on any atom is 0.235 e.